The zero-order chi connectivity index (χ0) is 12.0. The van der Waals surface area contributed by atoms with Crippen molar-refractivity contribution in [3.8, 4) is 11.5 Å². The Morgan fingerprint density at radius 1 is 1.38 bits per heavy atom. The molecule has 0 atom stereocenters. The zero-order valence-electron chi connectivity index (χ0n) is 8.94. The van der Waals surface area contributed by atoms with Gasteiger partial charge >= 0.3 is 0 Å². The average molecular weight is 224 g/mol. The standard InChI is InChI=1S/C11H16N2O3/c12-10(15)5-2-6-13-7-8-3-1-4-9(14)11(8)16/h1,3-4,13-14,16H,2,5-7H2,(H2,12,15). The number of nitrogens with two attached hydrogens (primary N) is 1. The van der Waals surface area contributed by atoms with E-state index in [9.17, 15) is 15.0 Å². The summed E-state index contributed by atoms with van der Waals surface area (Å²) in [4.78, 5) is 10.5. The van der Waals surface area contributed by atoms with E-state index >= 15 is 0 Å². The molecule has 0 spiro atoms. The number of aromatic hydroxyl groups is 2. The molecule has 1 rings (SSSR count). The lowest BCUT2D eigenvalue weighted by Crippen LogP contribution is -2.18. The molecule has 0 aliphatic carbocycles. The summed E-state index contributed by atoms with van der Waals surface area (Å²) in [7, 11) is 0. The van der Waals surface area contributed by atoms with Crippen LogP contribution in [0.2, 0.25) is 0 Å². The van der Waals surface area contributed by atoms with Crippen molar-refractivity contribution in [2.24, 2.45) is 5.73 Å². The molecule has 1 aromatic rings. The lowest BCUT2D eigenvalue weighted by atomic mass is 10.2. The maximum Gasteiger partial charge on any atom is 0.217 e. The van der Waals surface area contributed by atoms with Crippen molar-refractivity contribution in [3.63, 3.8) is 0 Å². The highest BCUT2D eigenvalue weighted by molar-refractivity contribution is 5.73. The number of rotatable bonds is 6. The highest BCUT2D eigenvalue weighted by atomic mass is 16.3. The summed E-state index contributed by atoms with van der Waals surface area (Å²) >= 11 is 0. The number of para-hydroxylation sites is 1. The van der Waals surface area contributed by atoms with Crippen LogP contribution in [0.1, 0.15) is 18.4 Å². The summed E-state index contributed by atoms with van der Waals surface area (Å²) in [6, 6.07) is 4.80. The summed E-state index contributed by atoms with van der Waals surface area (Å²) in [5, 5.41) is 21.8. The summed E-state index contributed by atoms with van der Waals surface area (Å²) in [6.07, 6.45) is 1.01. The molecule has 1 amide bonds. The van der Waals surface area contributed by atoms with E-state index in [-0.39, 0.29) is 17.4 Å². The molecule has 0 saturated heterocycles. The molecular weight excluding hydrogens is 208 g/mol. The number of nitrogens with one attached hydrogen (secondary N) is 1. The van der Waals surface area contributed by atoms with E-state index in [1.807, 2.05) is 0 Å². The molecule has 88 valence electrons. The van der Waals surface area contributed by atoms with Gasteiger partial charge in [-0.1, -0.05) is 12.1 Å². The summed E-state index contributed by atoms with van der Waals surface area (Å²) in [6.45, 7) is 1.08. The predicted octanol–water partition coefficient (Wildman–Crippen LogP) is 0.453. The van der Waals surface area contributed by atoms with Crippen LogP contribution in [0.3, 0.4) is 0 Å². The van der Waals surface area contributed by atoms with Crippen molar-refractivity contribution in [1.82, 2.24) is 5.32 Å². The van der Waals surface area contributed by atoms with Gasteiger partial charge in [0.25, 0.3) is 0 Å². The van der Waals surface area contributed by atoms with Crippen LogP contribution in [0.25, 0.3) is 0 Å². The van der Waals surface area contributed by atoms with Gasteiger partial charge in [0, 0.05) is 18.5 Å². The van der Waals surface area contributed by atoms with Crippen molar-refractivity contribution in [2.45, 2.75) is 19.4 Å². The zero-order valence-corrected chi connectivity index (χ0v) is 8.94. The van der Waals surface area contributed by atoms with Gasteiger partial charge in [0.05, 0.1) is 0 Å². The Morgan fingerprint density at radius 3 is 2.81 bits per heavy atom. The first-order chi connectivity index (χ1) is 7.61. The Kier molecular flexibility index (Phi) is 4.60. The van der Waals surface area contributed by atoms with Crippen LogP contribution in [0.4, 0.5) is 0 Å². The Balaban J connectivity index is 2.32. The topological polar surface area (TPSA) is 95.6 Å². The molecule has 0 heterocycles. The van der Waals surface area contributed by atoms with Gasteiger partial charge in [-0.25, -0.2) is 0 Å². The normalized spacial score (nSPS) is 10.2. The largest absolute Gasteiger partial charge is 0.504 e. The minimum Gasteiger partial charge on any atom is -0.504 e. The van der Waals surface area contributed by atoms with Gasteiger partial charge in [-0.05, 0) is 19.0 Å². The lowest BCUT2D eigenvalue weighted by Gasteiger charge is -2.07. The SMILES string of the molecule is NC(=O)CCCNCc1cccc(O)c1O. The Morgan fingerprint density at radius 2 is 2.12 bits per heavy atom. The molecule has 5 nitrogen and oxygen atoms in total. The van der Waals surface area contributed by atoms with Crippen molar-refractivity contribution in [1.29, 1.82) is 0 Å². The minimum atomic E-state index is -0.318. The number of hydrogen-bond donors (Lipinski definition) is 4. The molecule has 5 N–H and O–H groups in total. The first kappa shape index (κ1) is 12.3. The number of carbonyl (C=O) groups is 1. The molecular formula is C11H16N2O3. The van der Waals surface area contributed by atoms with Crippen LogP contribution in [0, 0.1) is 0 Å². The van der Waals surface area contributed by atoms with Crippen LogP contribution in [-0.4, -0.2) is 22.7 Å². The molecule has 0 fully saturated rings. The summed E-state index contributed by atoms with van der Waals surface area (Å²) < 4.78 is 0. The third-order valence-corrected chi connectivity index (χ3v) is 2.19. The maximum atomic E-state index is 10.5. The van der Waals surface area contributed by atoms with Gasteiger partial charge in [-0.3, -0.25) is 4.79 Å². The number of hydrogen-bond acceptors (Lipinski definition) is 4. The first-order valence-electron chi connectivity index (χ1n) is 5.10. The Bertz CT molecular complexity index is 366. The van der Waals surface area contributed by atoms with Crippen LogP contribution < -0.4 is 11.1 Å². The van der Waals surface area contributed by atoms with Crippen molar-refractivity contribution in [3.05, 3.63) is 23.8 Å². The van der Waals surface area contributed by atoms with Crippen molar-refractivity contribution >= 4 is 5.91 Å². The van der Waals surface area contributed by atoms with Crippen LogP contribution in [-0.2, 0) is 11.3 Å². The third-order valence-electron chi connectivity index (χ3n) is 2.19. The second kappa shape index (κ2) is 5.97. The third kappa shape index (κ3) is 3.78. The monoisotopic (exact) mass is 224 g/mol. The van der Waals surface area contributed by atoms with Gasteiger partial charge in [-0.15, -0.1) is 0 Å². The van der Waals surface area contributed by atoms with E-state index in [0.717, 1.165) is 0 Å². The molecule has 0 aliphatic heterocycles. The minimum absolute atomic E-state index is 0.107. The van der Waals surface area contributed by atoms with E-state index in [2.05, 4.69) is 5.32 Å². The number of carbonyl (C=O) groups excluding carboxylic acids is 1. The molecule has 0 saturated carbocycles. The fourth-order valence-corrected chi connectivity index (χ4v) is 1.33. The summed E-state index contributed by atoms with van der Waals surface area (Å²) in [5.74, 6) is -0.552. The van der Waals surface area contributed by atoms with Gasteiger partial charge in [0.15, 0.2) is 11.5 Å². The molecule has 0 bridgehead atoms. The lowest BCUT2D eigenvalue weighted by molar-refractivity contribution is -0.118. The van der Waals surface area contributed by atoms with Crippen molar-refractivity contribution < 1.29 is 15.0 Å². The first-order valence-corrected chi connectivity index (χ1v) is 5.10. The van der Waals surface area contributed by atoms with Crippen LogP contribution in [0.5, 0.6) is 11.5 Å². The van der Waals surface area contributed by atoms with E-state index in [0.29, 0.717) is 31.5 Å². The number of primary amides is 1. The van der Waals surface area contributed by atoms with Crippen LogP contribution >= 0.6 is 0 Å². The molecule has 0 aliphatic rings. The molecule has 0 radical (unpaired) electrons. The van der Waals surface area contributed by atoms with Gasteiger partial charge in [0.1, 0.15) is 0 Å². The van der Waals surface area contributed by atoms with Crippen molar-refractivity contribution in [2.75, 3.05) is 6.54 Å². The average Bonchev–Trinajstić information content (AvgIpc) is 2.23. The number of phenols is 2. The predicted molar refractivity (Wildman–Crippen MR) is 59.9 cm³/mol. The number of amides is 1. The molecule has 1 aromatic carbocycles. The second-order valence-corrected chi connectivity index (χ2v) is 3.53. The smallest absolute Gasteiger partial charge is 0.217 e. The molecule has 0 aromatic heterocycles. The fourth-order valence-electron chi connectivity index (χ4n) is 1.33. The Hall–Kier alpha value is -1.75. The molecule has 0 unspecified atom stereocenters. The highest BCUT2D eigenvalue weighted by Gasteiger charge is 2.04. The van der Waals surface area contributed by atoms with Gasteiger partial charge in [0.2, 0.25) is 5.91 Å². The summed E-state index contributed by atoms with van der Waals surface area (Å²) in [5.41, 5.74) is 5.61. The van der Waals surface area contributed by atoms with E-state index in [4.69, 9.17) is 5.73 Å². The molecule has 16 heavy (non-hydrogen) atoms. The van der Waals surface area contributed by atoms with E-state index < -0.39 is 0 Å². The quantitative estimate of drug-likeness (QED) is 0.417. The maximum absolute atomic E-state index is 10.5. The molecule has 5 heteroatoms. The number of benzene rings is 1. The second-order valence-electron chi connectivity index (χ2n) is 3.53. The Labute approximate surface area is 93.9 Å². The highest BCUT2D eigenvalue weighted by Crippen LogP contribution is 2.27. The van der Waals surface area contributed by atoms with Gasteiger partial charge < -0.3 is 21.3 Å². The van der Waals surface area contributed by atoms with E-state index in [1.54, 1.807) is 12.1 Å². The van der Waals surface area contributed by atoms with Gasteiger partial charge in [-0.2, -0.15) is 0 Å². The van der Waals surface area contributed by atoms with Crippen LogP contribution in [0.15, 0.2) is 18.2 Å². The number of phenolic OH excluding ortho intramolecular Hbond substituents is 2. The van der Waals surface area contributed by atoms with E-state index in [1.165, 1.54) is 6.07 Å². The fraction of sp³-hybridized carbons (Fsp3) is 0.364.